The Morgan fingerprint density at radius 2 is 1.85 bits per heavy atom. The summed E-state index contributed by atoms with van der Waals surface area (Å²) in [5.41, 5.74) is 0.233. The van der Waals surface area contributed by atoms with Crippen LogP contribution >= 0.6 is 11.6 Å². The van der Waals surface area contributed by atoms with Crippen molar-refractivity contribution in [2.75, 3.05) is 32.1 Å². The van der Waals surface area contributed by atoms with Crippen molar-refractivity contribution in [2.45, 2.75) is 57.8 Å². The van der Waals surface area contributed by atoms with Crippen molar-refractivity contribution in [1.29, 1.82) is 0 Å². The number of aliphatic hydroxyl groups is 1. The van der Waals surface area contributed by atoms with E-state index in [1.807, 2.05) is 6.07 Å². The molecule has 5 amide bonds. The summed E-state index contributed by atoms with van der Waals surface area (Å²) < 4.78 is 24.4. The van der Waals surface area contributed by atoms with Crippen LogP contribution in [0.25, 0.3) is 10.9 Å². The molecule has 0 unspecified atom stereocenters. The average Bonchev–Trinajstić information content (AvgIpc) is 3.02. The topological polar surface area (TPSA) is 184 Å². The number of carbonyl (C=O) groups is 4. The van der Waals surface area contributed by atoms with Crippen molar-refractivity contribution < 1.29 is 38.1 Å². The number of ether oxygens (including phenoxy) is 2. The summed E-state index contributed by atoms with van der Waals surface area (Å²) in [6.45, 7) is 4.16. The first-order valence-corrected chi connectivity index (χ1v) is 15.1. The fourth-order valence-electron chi connectivity index (χ4n) is 4.21. The van der Waals surface area contributed by atoms with Crippen LogP contribution in [0, 0.1) is 5.82 Å². The highest BCUT2D eigenvalue weighted by atomic mass is 35.5. The molecule has 2 atom stereocenters. The van der Waals surface area contributed by atoms with Gasteiger partial charge in [-0.25, -0.2) is 23.8 Å². The van der Waals surface area contributed by atoms with Crippen LogP contribution in [0.5, 0.6) is 0 Å². The monoisotopic (exact) mass is 675 g/mol. The van der Waals surface area contributed by atoms with Crippen LogP contribution < -0.4 is 21.3 Å². The lowest BCUT2D eigenvalue weighted by Gasteiger charge is -2.28. The maximum Gasteiger partial charge on any atom is 0.412 e. The van der Waals surface area contributed by atoms with Crippen molar-refractivity contribution in [3.8, 4) is 0 Å². The number of urea groups is 1. The molecule has 0 aliphatic carbocycles. The molecule has 1 aromatic carbocycles. The van der Waals surface area contributed by atoms with E-state index in [1.165, 1.54) is 30.3 Å². The smallest absolute Gasteiger partial charge is 0.412 e. The molecule has 0 saturated heterocycles. The largest absolute Gasteiger partial charge is 0.447 e. The average molecular weight is 676 g/mol. The minimum Gasteiger partial charge on any atom is -0.447 e. The molecule has 0 radical (unpaired) electrons. The van der Waals surface area contributed by atoms with Gasteiger partial charge in [0.1, 0.15) is 29.9 Å². The lowest BCUT2D eigenvalue weighted by molar-refractivity contribution is -0.124. The second kappa shape index (κ2) is 17.2. The van der Waals surface area contributed by atoms with Gasteiger partial charge in [0.15, 0.2) is 0 Å². The van der Waals surface area contributed by atoms with Gasteiger partial charge in [0.05, 0.1) is 29.4 Å². The van der Waals surface area contributed by atoms with Crippen LogP contribution in [-0.2, 0) is 20.8 Å². The Balaban J connectivity index is 1.59. The van der Waals surface area contributed by atoms with E-state index in [1.54, 1.807) is 45.2 Å². The quantitative estimate of drug-likeness (QED) is 0.167. The number of carbonyl (C=O) groups excluding carboxylic acids is 4. The zero-order chi connectivity index (χ0) is 34.6. The van der Waals surface area contributed by atoms with Crippen LogP contribution in [-0.4, -0.2) is 88.6 Å². The standard InChI is InChI=1S/C31H39ClFN7O7/c1-31(2,3)47-30(45)38-24(17-41)27(42)35-13-7-10-21(40(4)28(43)37-15-20-8-5-11-22(33)26(20)32)18-46-29(44)39-25-14-19-9-6-12-34-23(19)16-36-25/h5-6,8-9,11-12,14,16,21,24,41H,7,10,13,15,17-18H2,1-4H3,(H,35,42)(H,37,43)(H,38,45)(H,36,39,44)/t21-,24-/m0/s1. The number of aliphatic hydroxyl groups excluding tert-OH is 1. The first-order chi connectivity index (χ1) is 22.3. The van der Waals surface area contributed by atoms with Crippen LogP contribution in [0.1, 0.15) is 39.2 Å². The number of likely N-dealkylation sites (N-methyl/N-ethyl adjacent to an activating group) is 1. The Morgan fingerprint density at radius 1 is 1.09 bits per heavy atom. The van der Waals surface area contributed by atoms with Crippen molar-refractivity contribution >= 4 is 52.4 Å². The van der Waals surface area contributed by atoms with Crippen molar-refractivity contribution in [1.82, 2.24) is 30.8 Å². The number of hydrogen-bond acceptors (Lipinski definition) is 9. The maximum absolute atomic E-state index is 13.8. The van der Waals surface area contributed by atoms with Gasteiger partial charge in [-0.05, 0) is 57.4 Å². The summed E-state index contributed by atoms with van der Waals surface area (Å²) in [4.78, 5) is 59.9. The van der Waals surface area contributed by atoms with E-state index in [0.29, 0.717) is 17.5 Å². The Bertz CT molecular complexity index is 1560. The van der Waals surface area contributed by atoms with E-state index in [0.717, 1.165) is 5.39 Å². The fraction of sp³-hybridized carbons (Fsp3) is 0.419. The van der Waals surface area contributed by atoms with E-state index in [2.05, 4.69) is 31.2 Å². The molecule has 14 nitrogen and oxygen atoms in total. The summed E-state index contributed by atoms with van der Waals surface area (Å²) in [5, 5.41) is 20.4. The summed E-state index contributed by atoms with van der Waals surface area (Å²) in [6.07, 6.45) is 2.06. The second-order valence-corrected chi connectivity index (χ2v) is 11.8. The molecule has 0 spiro atoms. The Hall–Kier alpha value is -4.76. The number of pyridine rings is 2. The SMILES string of the molecule is CN(C(=O)NCc1cccc(F)c1Cl)[C@@H](CCCNC(=O)[C@H](CO)NC(=O)OC(C)(C)C)COC(=O)Nc1cc2cccnc2cn1. The predicted molar refractivity (Wildman–Crippen MR) is 172 cm³/mol. The number of rotatable bonds is 13. The molecular formula is C31H39ClFN7O7. The summed E-state index contributed by atoms with van der Waals surface area (Å²) in [5.74, 6) is -1.01. The lowest BCUT2D eigenvalue weighted by Crippen LogP contribution is -2.50. The van der Waals surface area contributed by atoms with Crippen molar-refractivity contribution in [3.05, 3.63) is 65.2 Å². The summed E-state index contributed by atoms with van der Waals surface area (Å²) >= 11 is 6.01. The first kappa shape index (κ1) is 36.7. The van der Waals surface area contributed by atoms with E-state index in [9.17, 15) is 28.7 Å². The van der Waals surface area contributed by atoms with Crippen LogP contribution in [0.4, 0.5) is 24.6 Å². The predicted octanol–water partition coefficient (Wildman–Crippen LogP) is 3.96. The van der Waals surface area contributed by atoms with Gasteiger partial charge in [0, 0.05) is 31.7 Å². The van der Waals surface area contributed by atoms with Gasteiger partial charge in [-0.2, -0.15) is 0 Å². The van der Waals surface area contributed by atoms with Gasteiger partial charge < -0.3 is 35.4 Å². The molecule has 3 rings (SSSR count). The minimum atomic E-state index is -1.24. The normalized spacial score (nSPS) is 12.4. The number of hydrogen-bond donors (Lipinski definition) is 5. The Labute approximate surface area is 276 Å². The fourth-order valence-corrected chi connectivity index (χ4v) is 4.40. The molecule has 2 heterocycles. The summed E-state index contributed by atoms with van der Waals surface area (Å²) in [7, 11) is 1.50. The van der Waals surface area contributed by atoms with E-state index in [-0.39, 0.29) is 37.0 Å². The highest BCUT2D eigenvalue weighted by Gasteiger charge is 2.25. The number of halogens is 2. The van der Waals surface area contributed by atoms with Gasteiger partial charge >= 0.3 is 18.2 Å². The van der Waals surface area contributed by atoms with Gasteiger partial charge in [-0.3, -0.25) is 15.1 Å². The summed E-state index contributed by atoms with van der Waals surface area (Å²) in [6, 6.07) is 7.01. The van der Waals surface area contributed by atoms with Crippen LogP contribution in [0.3, 0.4) is 0 Å². The van der Waals surface area contributed by atoms with E-state index >= 15 is 0 Å². The van der Waals surface area contributed by atoms with Crippen LogP contribution in [0.2, 0.25) is 5.02 Å². The minimum absolute atomic E-state index is 0.0560. The first-order valence-electron chi connectivity index (χ1n) is 14.7. The number of alkyl carbamates (subject to hydrolysis) is 1. The molecule has 3 aromatic rings. The molecule has 47 heavy (non-hydrogen) atoms. The molecule has 16 heteroatoms. The lowest BCUT2D eigenvalue weighted by atomic mass is 10.1. The third-order valence-corrected chi connectivity index (χ3v) is 7.08. The second-order valence-electron chi connectivity index (χ2n) is 11.4. The third kappa shape index (κ3) is 11.8. The molecule has 0 saturated carbocycles. The highest BCUT2D eigenvalue weighted by Crippen LogP contribution is 2.20. The number of nitrogens with one attached hydrogen (secondary N) is 4. The molecular weight excluding hydrogens is 637 g/mol. The molecule has 0 aliphatic rings. The third-order valence-electron chi connectivity index (χ3n) is 6.66. The Morgan fingerprint density at radius 3 is 2.57 bits per heavy atom. The number of aromatic nitrogens is 2. The molecule has 0 aliphatic heterocycles. The van der Waals surface area contributed by atoms with Crippen LogP contribution in [0.15, 0.2) is 48.8 Å². The number of benzene rings is 1. The molecule has 0 fully saturated rings. The number of anilines is 1. The molecule has 254 valence electrons. The van der Waals surface area contributed by atoms with Gasteiger partial charge in [-0.1, -0.05) is 29.8 Å². The van der Waals surface area contributed by atoms with Gasteiger partial charge in [0.2, 0.25) is 5.91 Å². The highest BCUT2D eigenvalue weighted by molar-refractivity contribution is 6.31. The number of nitrogens with zero attached hydrogens (tertiary/aromatic N) is 3. The maximum atomic E-state index is 13.8. The Kier molecular flexibility index (Phi) is 13.5. The van der Waals surface area contributed by atoms with E-state index in [4.69, 9.17) is 21.1 Å². The van der Waals surface area contributed by atoms with Gasteiger partial charge in [0.25, 0.3) is 0 Å². The zero-order valence-corrected chi connectivity index (χ0v) is 27.3. The van der Waals surface area contributed by atoms with Crippen molar-refractivity contribution in [2.24, 2.45) is 0 Å². The zero-order valence-electron chi connectivity index (χ0n) is 26.5. The van der Waals surface area contributed by atoms with Crippen molar-refractivity contribution in [3.63, 3.8) is 0 Å². The molecule has 0 bridgehead atoms. The number of fused-ring (bicyclic) bond motifs is 1. The molecule has 5 N–H and O–H groups in total. The molecule has 2 aromatic heterocycles. The van der Waals surface area contributed by atoms with E-state index < -0.39 is 54.2 Å². The van der Waals surface area contributed by atoms with Gasteiger partial charge in [-0.15, -0.1) is 0 Å². The number of amides is 5.